The van der Waals surface area contributed by atoms with Crippen LogP contribution in [0.25, 0.3) is 11.1 Å². The molecule has 35 heavy (non-hydrogen) atoms. The molecule has 2 aromatic carbocycles. The number of carbonyl (C=O) groups excluding carboxylic acids is 3. The first-order valence-corrected chi connectivity index (χ1v) is 11.9. The van der Waals surface area contributed by atoms with Crippen molar-refractivity contribution in [3.8, 4) is 11.1 Å². The number of rotatable bonds is 10. The summed E-state index contributed by atoms with van der Waals surface area (Å²) in [5.41, 5.74) is 3.97. The fraction of sp³-hybridized carbons (Fsp3) is 0.357. The molecule has 0 fully saturated rings. The minimum atomic E-state index is -0.898. The summed E-state index contributed by atoms with van der Waals surface area (Å²) in [6.07, 6.45) is 1.65. The first-order chi connectivity index (χ1) is 16.8. The topological polar surface area (TPSA) is 87.5 Å². The lowest BCUT2D eigenvalue weighted by molar-refractivity contribution is -0.135. The van der Waals surface area contributed by atoms with Gasteiger partial charge in [-0.2, -0.15) is 0 Å². The molecule has 0 aliphatic heterocycles. The number of esters is 2. The van der Waals surface area contributed by atoms with Crippen LogP contribution in [0, 0.1) is 0 Å². The van der Waals surface area contributed by atoms with Crippen molar-refractivity contribution < 1.29 is 23.9 Å². The van der Waals surface area contributed by atoms with Gasteiger partial charge in [-0.25, -0.2) is 14.6 Å². The second kappa shape index (κ2) is 11.6. The van der Waals surface area contributed by atoms with Crippen molar-refractivity contribution in [1.82, 2.24) is 9.55 Å². The van der Waals surface area contributed by atoms with Crippen LogP contribution < -0.4 is 0 Å². The maximum absolute atomic E-state index is 12.9. The van der Waals surface area contributed by atoms with E-state index in [1.807, 2.05) is 48.7 Å². The van der Waals surface area contributed by atoms with E-state index in [1.165, 1.54) is 7.11 Å². The van der Waals surface area contributed by atoms with Gasteiger partial charge in [0.15, 0.2) is 5.69 Å². The Kier molecular flexibility index (Phi) is 8.58. The van der Waals surface area contributed by atoms with Crippen LogP contribution in [0.15, 0.2) is 48.5 Å². The monoisotopic (exact) mass is 476 g/mol. The molecule has 3 rings (SSSR count). The zero-order valence-electron chi connectivity index (χ0n) is 21.0. The summed E-state index contributed by atoms with van der Waals surface area (Å²) in [5.74, 6) is -1.01. The fourth-order valence-electron chi connectivity index (χ4n) is 4.03. The number of ketones is 1. The van der Waals surface area contributed by atoms with Gasteiger partial charge in [-0.05, 0) is 36.0 Å². The largest absolute Gasteiger partial charge is 0.463 e. The van der Waals surface area contributed by atoms with Crippen LogP contribution in [0.1, 0.15) is 78.0 Å². The lowest BCUT2D eigenvalue weighted by Crippen LogP contribution is -2.17. The third kappa shape index (κ3) is 5.67. The van der Waals surface area contributed by atoms with E-state index in [2.05, 4.69) is 11.7 Å². The Morgan fingerprint density at radius 1 is 1.00 bits per heavy atom. The van der Waals surface area contributed by atoms with Crippen LogP contribution in [-0.2, 0) is 27.2 Å². The van der Waals surface area contributed by atoms with E-state index < -0.39 is 11.8 Å². The van der Waals surface area contributed by atoms with Crippen molar-refractivity contribution in [2.24, 2.45) is 0 Å². The van der Waals surface area contributed by atoms with Crippen molar-refractivity contribution in [3.05, 3.63) is 76.9 Å². The smallest absolute Gasteiger partial charge is 0.379 e. The standard InChI is InChI=1S/C28H32N2O5/c1-6-10-23-29-24(18(3)4)25(27(32)35-7-2)30(23)17-19-13-15-20(16-14-19)21-11-8-9-12-22(21)26(31)28(33)34-5/h8-9,11-16,18H,6-7,10,17H2,1-5H3. The SMILES string of the molecule is CCCc1nc(C(C)C)c(C(=O)OCC)n1Cc1ccc(-c2ccccc2C(=O)C(=O)OC)cc1. The van der Waals surface area contributed by atoms with Gasteiger partial charge >= 0.3 is 11.9 Å². The number of nitrogens with zero attached hydrogens (tertiary/aromatic N) is 2. The Bertz CT molecular complexity index is 1210. The molecular formula is C28H32N2O5. The molecule has 0 saturated heterocycles. The van der Waals surface area contributed by atoms with Crippen molar-refractivity contribution in [1.29, 1.82) is 0 Å². The summed E-state index contributed by atoms with van der Waals surface area (Å²) in [5, 5.41) is 0. The third-order valence-electron chi connectivity index (χ3n) is 5.71. The van der Waals surface area contributed by atoms with Crippen LogP contribution in [0.3, 0.4) is 0 Å². The second-order valence-electron chi connectivity index (χ2n) is 8.54. The molecule has 184 valence electrons. The van der Waals surface area contributed by atoms with Crippen molar-refractivity contribution in [3.63, 3.8) is 0 Å². The predicted octanol–water partition coefficient (Wildman–Crippen LogP) is 5.21. The Morgan fingerprint density at radius 2 is 1.69 bits per heavy atom. The highest BCUT2D eigenvalue weighted by molar-refractivity contribution is 6.41. The summed E-state index contributed by atoms with van der Waals surface area (Å²) < 4.78 is 11.9. The number of benzene rings is 2. The zero-order valence-corrected chi connectivity index (χ0v) is 21.0. The van der Waals surface area contributed by atoms with E-state index in [4.69, 9.17) is 9.72 Å². The van der Waals surface area contributed by atoms with Gasteiger partial charge in [0.1, 0.15) is 5.82 Å². The first kappa shape index (κ1) is 25.9. The van der Waals surface area contributed by atoms with Crippen LogP contribution >= 0.6 is 0 Å². The number of hydrogen-bond donors (Lipinski definition) is 0. The summed E-state index contributed by atoms with van der Waals surface area (Å²) in [7, 11) is 1.19. The Hall–Kier alpha value is -3.74. The molecule has 0 atom stereocenters. The van der Waals surface area contributed by atoms with Crippen LogP contribution in [0.2, 0.25) is 0 Å². The average Bonchev–Trinajstić information content (AvgIpc) is 3.22. The highest BCUT2D eigenvalue weighted by Crippen LogP contribution is 2.27. The normalized spacial score (nSPS) is 10.9. The van der Waals surface area contributed by atoms with E-state index >= 15 is 0 Å². The molecule has 0 saturated carbocycles. The maximum Gasteiger partial charge on any atom is 0.379 e. The quantitative estimate of drug-likeness (QED) is 0.227. The van der Waals surface area contributed by atoms with Gasteiger partial charge in [0.25, 0.3) is 5.78 Å². The fourth-order valence-corrected chi connectivity index (χ4v) is 4.03. The maximum atomic E-state index is 12.9. The van der Waals surface area contributed by atoms with Gasteiger partial charge in [-0.1, -0.05) is 69.3 Å². The van der Waals surface area contributed by atoms with Crippen molar-refractivity contribution in [2.45, 2.75) is 53.0 Å². The lowest BCUT2D eigenvalue weighted by Gasteiger charge is -2.14. The van der Waals surface area contributed by atoms with E-state index in [-0.39, 0.29) is 17.5 Å². The van der Waals surface area contributed by atoms with Crippen molar-refractivity contribution >= 4 is 17.7 Å². The summed E-state index contributed by atoms with van der Waals surface area (Å²) in [4.78, 5) is 41.9. The molecule has 3 aromatic rings. The molecule has 0 bridgehead atoms. The van der Waals surface area contributed by atoms with Gasteiger partial charge in [0.2, 0.25) is 0 Å². The summed E-state index contributed by atoms with van der Waals surface area (Å²) in [6, 6.07) is 14.7. The second-order valence-corrected chi connectivity index (χ2v) is 8.54. The molecule has 0 radical (unpaired) electrons. The summed E-state index contributed by atoms with van der Waals surface area (Å²) in [6.45, 7) is 8.68. The van der Waals surface area contributed by atoms with Gasteiger partial charge in [-0.15, -0.1) is 0 Å². The zero-order chi connectivity index (χ0) is 25.5. The van der Waals surface area contributed by atoms with E-state index in [0.717, 1.165) is 35.5 Å². The predicted molar refractivity (Wildman–Crippen MR) is 134 cm³/mol. The lowest BCUT2D eigenvalue weighted by atomic mass is 9.96. The molecule has 0 aliphatic rings. The average molecular weight is 477 g/mol. The Labute approximate surface area is 206 Å². The number of imidazole rings is 1. The molecule has 0 N–H and O–H groups in total. The Balaban J connectivity index is 1.99. The van der Waals surface area contributed by atoms with Crippen LogP contribution in [0.4, 0.5) is 0 Å². The molecule has 1 heterocycles. The van der Waals surface area contributed by atoms with Gasteiger partial charge in [0, 0.05) is 18.5 Å². The van der Waals surface area contributed by atoms with Gasteiger partial charge in [0.05, 0.1) is 19.4 Å². The number of aromatic nitrogens is 2. The molecule has 0 unspecified atom stereocenters. The van der Waals surface area contributed by atoms with E-state index in [9.17, 15) is 14.4 Å². The van der Waals surface area contributed by atoms with E-state index in [0.29, 0.717) is 24.4 Å². The highest BCUT2D eigenvalue weighted by Gasteiger charge is 2.26. The number of aryl methyl sites for hydroxylation is 1. The van der Waals surface area contributed by atoms with Crippen LogP contribution in [0.5, 0.6) is 0 Å². The highest BCUT2D eigenvalue weighted by atomic mass is 16.5. The summed E-state index contributed by atoms with van der Waals surface area (Å²) >= 11 is 0. The minimum absolute atomic E-state index is 0.0810. The molecule has 1 aromatic heterocycles. The molecule has 7 nitrogen and oxygen atoms in total. The number of Topliss-reactive ketones (excluding diaryl/α,β-unsaturated/α-hetero) is 1. The van der Waals surface area contributed by atoms with E-state index in [1.54, 1.807) is 25.1 Å². The molecule has 0 amide bonds. The van der Waals surface area contributed by atoms with Crippen LogP contribution in [-0.4, -0.2) is 41.0 Å². The number of ether oxygens (including phenoxy) is 2. The number of hydrogen-bond acceptors (Lipinski definition) is 6. The number of methoxy groups -OCH3 is 1. The third-order valence-corrected chi connectivity index (χ3v) is 5.71. The molecule has 0 spiro atoms. The molecule has 0 aliphatic carbocycles. The first-order valence-electron chi connectivity index (χ1n) is 11.9. The molecular weight excluding hydrogens is 444 g/mol. The molecule has 7 heteroatoms. The minimum Gasteiger partial charge on any atom is -0.463 e. The number of carbonyl (C=O) groups is 3. The van der Waals surface area contributed by atoms with Gasteiger partial charge in [-0.3, -0.25) is 4.79 Å². The van der Waals surface area contributed by atoms with Crippen molar-refractivity contribution in [2.75, 3.05) is 13.7 Å². The Morgan fingerprint density at radius 3 is 2.29 bits per heavy atom. The van der Waals surface area contributed by atoms with Gasteiger partial charge < -0.3 is 14.0 Å².